The van der Waals surface area contributed by atoms with Crippen LogP contribution < -0.4 is 0 Å². The Kier molecular flexibility index (Phi) is 2.60. The standard InChI is InChI=1S/C27H19NO/c1-27(2)22-12-5-3-8-16(22)18-10-7-11-19-20-15-25-21(14-23(20)28(27)26(18)19)17-9-4-6-13-24(17)29-25/h3-15H,1-2H3. The third-order valence-corrected chi connectivity index (χ3v) is 6.72. The average molecular weight is 373 g/mol. The number of furan rings is 1. The van der Waals surface area contributed by atoms with Crippen LogP contribution in [0.4, 0.5) is 0 Å². The molecule has 2 heteroatoms. The molecule has 1 aliphatic heterocycles. The van der Waals surface area contributed by atoms with Gasteiger partial charge in [0.25, 0.3) is 0 Å². The smallest absolute Gasteiger partial charge is 0.136 e. The molecular weight excluding hydrogens is 354 g/mol. The summed E-state index contributed by atoms with van der Waals surface area (Å²) in [6, 6.07) is 28.4. The number of fused-ring (bicyclic) bond motifs is 8. The van der Waals surface area contributed by atoms with Crippen molar-refractivity contribution in [1.82, 2.24) is 4.57 Å². The molecule has 2 nitrogen and oxygen atoms in total. The molecule has 0 atom stereocenters. The molecule has 2 aromatic heterocycles. The summed E-state index contributed by atoms with van der Waals surface area (Å²) in [4.78, 5) is 0. The second kappa shape index (κ2) is 4.90. The maximum Gasteiger partial charge on any atom is 0.136 e. The zero-order chi connectivity index (χ0) is 19.3. The summed E-state index contributed by atoms with van der Waals surface area (Å²) in [5, 5.41) is 4.91. The zero-order valence-electron chi connectivity index (χ0n) is 16.4. The Hall–Kier alpha value is -3.52. The highest BCUT2D eigenvalue weighted by Gasteiger charge is 2.34. The number of benzene rings is 4. The first-order valence-electron chi connectivity index (χ1n) is 10.1. The van der Waals surface area contributed by atoms with Gasteiger partial charge in [-0.15, -0.1) is 0 Å². The Morgan fingerprint density at radius 1 is 0.655 bits per heavy atom. The molecule has 138 valence electrons. The number of hydrogen-bond acceptors (Lipinski definition) is 1. The van der Waals surface area contributed by atoms with Gasteiger partial charge >= 0.3 is 0 Å². The number of para-hydroxylation sites is 2. The molecule has 7 rings (SSSR count). The third-order valence-electron chi connectivity index (χ3n) is 6.72. The van der Waals surface area contributed by atoms with Gasteiger partial charge in [-0.2, -0.15) is 0 Å². The van der Waals surface area contributed by atoms with Crippen LogP contribution in [-0.4, -0.2) is 4.57 Å². The minimum atomic E-state index is -0.141. The molecule has 0 radical (unpaired) electrons. The van der Waals surface area contributed by atoms with Crippen molar-refractivity contribution in [3.63, 3.8) is 0 Å². The van der Waals surface area contributed by atoms with Crippen LogP contribution in [0.3, 0.4) is 0 Å². The summed E-state index contributed by atoms with van der Waals surface area (Å²) in [5.74, 6) is 0. The van der Waals surface area contributed by atoms with E-state index in [1.807, 2.05) is 12.1 Å². The first-order valence-corrected chi connectivity index (χ1v) is 10.1. The van der Waals surface area contributed by atoms with Gasteiger partial charge in [-0.3, -0.25) is 0 Å². The summed E-state index contributed by atoms with van der Waals surface area (Å²) in [6.45, 7) is 4.66. The summed E-state index contributed by atoms with van der Waals surface area (Å²) < 4.78 is 8.74. The fourth-order valence-corrected chi connectivity index (χ4v) is 5.45. The minimum Gasteiger partial charge on any atom is -0.456 e. The van der Waals surface area contributed by atoms with E-state index in [2.05, 4.69) is 85.1 Å². The van der Waals surface area contributed by atoms with Gasteiger partial charge in [0.05, 0.1) is 16.6 Å². The van der Waals surface area contributed by atoms with E-state index in [0.717, 1.165) is 11.2 Å². The Balaban J connectivity index is 1.75. The average Bonchev–Trinajstić information content (AvgIpc) is 3.27. The highest BCUT2D eigenvalue weighted by Crippen LogP contribution is 2.49. The van der Waals surface area contributed by atoms with Crippen LogP contribution >= 0.6 is 0 Å². The second-order valence-corrected chi connectivity index (χ2v) is 8.61. The van der Waals surface area contributed by atoms with Crippen molar-refractivity contribution in [2.45, 2.75) is 19.4 Å². The van der Waals surface area contributed by atoms with Crippen molar-refractivity contribution in [3.05, 3.63) is 84.4 Å². The van der Waals surface area contributed by atoms with E-state index in [4.69, 9.17) is 4.42 Å². The van der Waals surface area contributed by atoms with Gasteiger partial charge in [-0.25, -0.2) is 0 Å². The van der Waals surface area contributed by atoms with Crippen LogP contribution in [0.2, 0.25) is 0 Å². The molecule has 29 heavy (non-hydrogen) atoms. The zero-order valence-corrected chi connectivity index (χ0v) is 16.4. The van der Waals surface area contributed by atoms with Gasteiger partial charge in [-0.05, 0) is 43.2 Å². The lowest BCUT2D eigenvalue weighted by atomic mass is 9.83. The van der Waals surface area contributed by atoms with Gasteiger partial charge in [0, 0.05) is 27.1 Å². The first-order chi connectivity index (χ1) is 14.1. The third kappa shape index (κ3) is 1.73. The fraction of sp³-hybridized carbons (Fsp3) is 0.111. The van der Waals surface area contributed by atoms with E-state index >= 15 is 0 Å². The largest absolute Gasteiger partial charge is 0.456 e. The van der Waals surface area contributed by atoms with Gasteiger partial charge in [0.15, 0.2) is 0 Å². The van der Waals surface area contributed by atoms with E-state index in [1.165, 1.54) is 49.3 Å². The molecule has 0 fully saturated rings. The van der Waals surface area contributed by atoms with Crippen LogP contribution in [-0.2, 0) is 5.54 Å². The first kappa shape index (κ1) is 15.4. The monoisotopic (exact) mass is 373 g/mol. The fourth-order valence-electron chi connectivity index (χ4n) is 5.45. The highest BCUT2D eigenvalue weighted by molar-refractivity contribution is 6.19. The van der Waals surface area contributed by atoms with Crippen molar-refractivity contribution >= 4 is 43.7 Å². The SMILES string of the molecule is CC1(C)c2ccccc2-c2cccc3c4cc5oc6ccccc6c5cc4n1c23. The minimum absolute atomic E-state index is 0.141. The van der Waals surface area contributed by atoms with Crippen molar-refractivity contribution < 1.29 is 4.42 Å². The van der Waals surface area contributed by atoms with Crippen molar-refractivity contribution in [2.75, 3.05) is 0 Å². The van der Waals surface area contributed by atoms with Gasteiger partial charge in [-0.1, -0.05) is 60.7 Å². The lowest BCUT2D eigenvalue weighted by Gasteiger charge is -2.36. The highest BCUT2D eigenvalue weighted by atomic mass is 16.3. The Morgan fingerprint density at radius 2 is 1.41 bits per heavy atom. The van der Waals surface area contributed by atoms with Crippen LogP contribution in [0.15, 0.2) is 83.3 Å². The topological polar surface area (TPSA) is 18.1 Å². The van der Waals surface area contributed by atoms with Gasteiger partial charge in [0.1, 0.15) is 11.2 Å². The molecule has 0 bridgehead atoms. The van der Waals surface area contributed by atoms with Crippen molar-refractivity contribution in [2.24, 2.45) is 0 Å². The molecule has 0 aliphatic carbocycles. The lowest BCUT2D eigenvalue weighted by Crippen LogP contribution is -2.30. The predicted molar refractivity (Wildman–Crippen MR) is 121 cm³/mol. The van der Waals surface area contributed by atoms with Crippen LogP contribution in [0.1, 0.15) is 19.4 Å². The molecule has 0 N–H and O–H groups in total. The molecule has 4 aromatic carbocycles. The van der Waals surface area contributed by atoms with E-state index in [9.17, 15) is 0 Å². The summed E-state index contributed by atoms with van der Waals surface area (Å²) in [7, 11) is 0. The Morgan fingerprint density at radius 3 is 2.34 bits per heavy atom. The molecule has 0 unspecified atom stereocenters. The Bertz CT molecular complexity index is 1630. The van der Waals surface area contributed by atoms with Crippen molar-refractivity contribution in [1.29, 1.82) is 0 Å². The van der Waals surface area contributed by atoms with E-state index < -0.39 is 0 Å². The summed E-state index contributed by atoms with van der Waals surface area (Å²) in [5.41, 5.74) is 8.38. The molecular formula is C27H19NO. The van der Waals surface area contributed by atoms with Crippen LogP contribution in [0.5, 0.6) is 0 Å². The van der Waals surface area contributed by atoms with E-state index in [0.29, 0.717) is 0 Å². The number of aromatic nitrogens is 1. The summed E-state index contributed by atoms with van der Waals surface area (Å²) in [6.07, 6.45) is 0. The van der Waals surface area contributed by atoms with E-state index in [-0.39, 0.29) is 5.54 Å². The van der Waals surface area contributed by atoms with Crippen LogP contribution in [0, 0.1) is 0 Å². The maximum atomic E-state index is 6.20. The van der Waals surface area contributed by atoms with Crippen molar-refractivity contribution in [3.8, 4) is 11.1 Å². The molecule has 3 heterocycles. The molecule has 6 aromatic rings. The molecule has 0 saturated heterocycles. The molecule has 0 spiro atoms. The molecule has 0 saturated carbocycles. The summed E-state index contributed by atoms with van der Waals surface area (Å²) >= 11 is 0. The van der Waals surface area contributed by atoms with E-state index in [1.54, 1.807) is 0 Å². The quantitative estimate of drug-likeness (QED) is 0.270. The normalized spacial score (nSPS) is 14.8. The van der Waals surface area contributed by atoms with Gasteiger partial charge < -0.3 is 8.98 Å². The number of hydrogen-bond donors (Lipinski definition) is 0. The molecule has 0 amide bonds. The maximum absolute atomic E-state index is 6.20. The van der Waals surface area contributed by atoms with Gasteiger partial charge in [0.2, 0.25) is 0 Å². The van der Waals surface area contributed by atoms with Crippen LogP contribution in [0.25, 0.3) is 54.9 Å². The number of nitrogens with zero attached hydrogens (tertiary/aromatic N) is 1. The second-order valence-electron chi connectivity index (χ2n) is 8.61. The molecule has 1 aliphatic rings. The predicted octanol–water partition coefficient (Wildman–Crippen LogP) is 7.46. The number of rotatable bonds is 0. The Labute approximate surface area is 168 Å². The lowest BCUT2D eigenvalue weighted by molar-refractivity contribution is 0.462.